The molecule has 6 atom stereocenters. The van der Waals surface area contributed by atoms with E-state index in [4.69, 9.17) is 13.6 Å². The molecule has 196 valence electrons. The number of carbonyl (C=O) groups is 3. The summed E-state index contributed by atoms with van der Waals surface area (Å²) in [6.07, 6.45) is -2.13. The fourth-order valence-corrected chi connectivity index (χ4v) is 6.92. The molecule has 2 aliphatic rings. The summed E-state index contributed by atoms with van der Waals surface area (Å²) in [5.74, 6) is -1.92. The Bertz CT molecular complexity index is 817. The first kappa shape index (κ1) is 29.0. The topological polar surface area (TPSA) is 94.2 Å². The van der Waals surface area contributed by atoms with E-state index in [1.54, 1.807) is 0 Å². The highest BCUT2D eigenvalue weighted by Crippen LogP contribution is 2.44. The highest BCUT2D eigenvalue weighted by Gasteiger charge is 2.62. The Hall–Kier alpha value is -1.24. The first-order valence-electron chi connectivity index (χ1n) is 12.3. The molecule has 0 aromatic heterocycles. The van der Waals surface area contributed by atoms with Crippen molar-refractivity contribution in [1.29, 1.82) is 0 Å². The molecule has 34 heavy (non-hydrogen) atoms. The third kappa shape index (κ3) is 5.44. The summed E-state index contributed by atoms with van der Waals surface area (Å²) in [6.45, 7) is 26.5. The molecule has 0 aliphatic carbocycles. The van der Waals surface area contributed by atoms with Crippen LogP contribution in [0.2, 0.25) is 36.3 Å². The zero-order valence-corrected chi connectivity index (χ0v) is 25.4. The Morgan fingerprint density at radius 2 is 1.29 bits per heavy atom. The van der Waals surface area contributed by atoms with E-state index in [0.717, 1.165) is 0 Å². The Morgan fingerprint density at radius 1 is 0.882 bits per heavy atom. The Labute approximate surface area is 207 Å². The van der Waals surface area contributed by atoms with Gasteiger partial charge < -0.3 is 18.9 Å². The molecule has 2 aliphatic heterocycles. The molecule has 2 rings (SSSR count). The number of esters is 1. The summed E-state index contributed by atoms with van der Waals surface area (Å²) in [5, 5.41) is 2.82. The molecular weight excluding hydrogens is 468 g/mol. The van der Waals surface area contributed by atoms with Crippen LogP contribution in [0.1, 0.15) is 62.3 Å². The van der Waals surface area contributed by atoms with Crippen LogP contribution in [0.15, 0.2) is 0 Å². The number of amides is 2. The van der Waals surface area contributed by atoms with Gasteiger partial charge >= 0.3 is 5.97 Å². The highest BCUT2D eigenvalue weighted by molar-refractivity contribution is 6.74. The van der Waals surface area contributed by atoms with Gasteiger partial charge in [0.1, 0.15) is 18.0 Å². The molecule has 6 unspecified atom stereocenters. The van der Waals surface area contributed by atoms with E-state index in [-0.39, 0.29) is 28.0 Å². The quantitative estimate of drug-likeness (QED) is 0.296. The molecule has 0 aromatic carbocycles. The van der Waals surface area contributed by atoms with Gasteiger partial charge in [-0.05, 0) is 50.1 Å². The first-order chi connectivity index (χ1) is 15.1. The van der Waals surface area contributed by atoms with Crippen LogP contribution in [-0.2, 0) is 28.0 Å². The molecule has 0 spiro atoms. The SMILES string of the molecule is CC(=O)OC1C(C(C)O[Si](C)(C)C(C)(C)C)C(=O)N1C1NC(=O)C1C(C)O[Si](C)(C)C(C)(C)C. The maximum absolute atomic E-state index is 13.4. The van der Waals surface area contributed by atoms with Crippen molar-refractivity contribution in [2.45, 2.75) is 123 Å². The lowest BCUT2D eigenvalue weighted by molar-refractivity contribution is -0.224. The van der Waals surface area contributed by atoms with Crippen LogP contribution in [-0.4, -0.2) is 63.9 Å². The lowest BCUT2D eigenvalue weighted by atomic mass is 9.83. The van der Waals surface area contributed by atoms with Gasteiger partial charge in [0.2, 0.25) is 11.8 Å². The number of nitrogens with one attached hydrogen (secondary N) is 1. The van der Waals surface area contributed by atoms with Crippen molar-refractivity contribution in [3.05, 3.63) is 0 Å². The molecule has 0 aromatic rings. The molecule has 2 fully saturated rings. The lowest BCUT2D eigenvalue weighted by Gasteiger charge is -2.57. The smallest absolute Gasteiger partial charge is 0.304 e. The average molecular weight is 515 g/mol. The monoisotopic (exact) mass is 514 g/mol. The van der Waals surface area contributed by atoms with E-state index < -0.39 is 52.9 Å². The maximum atomic E-state index is 13.4. The molecule has 0 bridgehead atoms. The number of likely N-dealkylation sites (tertiary alicyclic amines) is 1. The van der Waals surface area contributed by atoms with Crippen molar-refractivity contribution in [2.24, 2.45) is 11.8 Å². The van der Waals surface area contributed by atoms with E-state index in [0.29, 0.717) is 0 Å². The van der Waals surface area contributed by atoms with Crippen molar-refractivity contribution < 1.29 is 28.0 Å². The van der Waals surface area contributed by atoms with Crippen molar-refractivity contribution in [1.82, 2.24) is 10.2 Å². The zero-order chi connectivity index (χ0) is 26.6. The Morgan fingerprint density at radius 3 is 1.65 bits per heavy atom. The first-order valence-corrected chi connectivity index (χ1v) is 18.1. The summed E-state index contributed by atoms with van der Waals surface area (Å²) in [6, 6.07) is 0. The second-order valence-electron chi connectivity index (χ2n) is 12.9. The van der Waals surface area contributed by atoms with Gasteiger partial charge in [0, 0.05) is 6.92 Å². The van der Waals surface area contributed by atoms with Gasteiger partial charge in [-0.2, -0.15) is 0 Å². The molecule has 8 nitrogen and oxygen atoms in total. The van der Waals surface area contributed by atoms with Crippen molar-refractivity contribution in [3.8, 4) is 0 Å². The number of hydrogen-bond acceptors (Lipinski definition) is 6. The summed E-state index contributed by atoms with van der Waals surface area (Å²) in [7, 11) is -4.26. The molecule has 1 N–H and O–H groups in total. The van der Waals surface area contributed by atoms with Crippen LogP contribution in [0.25, 0.3) is 0 Å². The summed E-state index contributed by atoms with van der Waals surface area (Å²) < 4.78 is 18.5. The normalized spacial score (nSPS) is 28.0. The number of ether oxygens (including phenoxy) is 1. The average Bonchev–Trinajstić information content (AvgIpc) is 2.57. The molecular formula is C24H46N2O6Si2. The number of nitrogens with zero attached hydrogens (tertiary/aromatic N) is 1. The van der Waals surface area contributed by atoms with Crippen LogP contribution < -0.4 is 5.32 Å². The van der Waals surface area contributed by atoms with Gasteiger partial charge in [0.05, 0.1) is 12.2 Å². The predicted molar refractivity (Wildman–Crippen MR) is 137 cm³/mol. The molecule has 0 radical (unpaired) electrons. The van der Waals surface area contributed by atoms with Gasteiger partial charge in [-0.25, -0.2) is 0 Å². The second-order valence-corrected chi connectivity index (χ2v) is 22.4. The van der Waals surface area contributed by atoms with E-state index in [2.05, 4.69) is 73.0 Å². The van der Waals surface area contributed by atoms with Crippen LogP contribution in [0, 0.1) is 11.8 Å². The Kier molecular flexibility index (Phi) is 7.96. The minimum absolute atomic E-state index is 0.00849. The lowest BCUT2D eigenvalue weighted by Crippen LogP contribution is -2.79. The van der Waals surface area contributed by atoms with Crippen LogP contribution >= 0.6 is 0 Å². The summed E-state index contributed by atoms with van der Waals surface area (Å²) >= 11 is 0. The predicted octanol–water partition coefficient (Wildman–Crippen LogP) is 4.23. The fraction of sp³-hybridized carbons (Fsp3) is 0.875. The van der Waals surface area contributed by atoms with Crippen LogP contribution in [0.3, 0.4) is 0 Å². The summed E-state index contributed by atoms with van der Waals surface area (Å²) in [5.41, 5.74) is 0. The minimum atomic E-state index is -2.14. The number of β-lactam (4-membered cyclic amide) rings is 2. The summed E-state index contributed by atoms with van der Waals surface area (Å²) in [4.78, 5) is 39.4. The number of carbonyl (C=O) groups excluding carboxylic acids is 3. The van der Waals surface area contributed by atoms with Crippen LogP contribution in [0.4, 0.5) is 0 Å². The van der Waals surface area contributed by atoms with E-state index in [1.807, 2.05) is 13.8 Å². The van der Waals surface area contributed by atoms with Gasteiger partial charge in [0.15, 0.2) is 22.9 Å². The molecule has 2 amide bonds. The third-order valence-electron chi connectivity index (χ3n) is 8.23. The van der Waals surface area contributed by atoms with Crippen molar-refractivity contribution >= 4 is 34.4 Å². The van der Waals surface area contributed by atoms with E-state index in [1.165, 1.54) is 11.8 Å². The van der Waals surface area contributed by atoms with E-state index >= 15 is 0 Å². The maximum Gasteiger partial charge on any atom is 0.304 e. The molecule has 10 heteroatoms. The fourth-order valence-electron chi connectivity index (χ4n) is 4.06. The standard InChI is InChI=1S/C24H46N2O6Si2/c1-14(31-33(10,11)23(4,5)6)17-19(25-20(17)28)26-21(29)18(22(26)30-16(3)27)15(2)32-34(12,13)24(7,8)9/h14-15,17-19,22H,1-13H3,(H,25,28). The van der Waals surface area contributed by atoms with E-state index in [9.17, 15) is 14.4 Å². The van der Waals surface area contributed by atoms with Crippen molar-refractivity contribution in [2.75, 3.05) is 0 Å². The zero-order valence-electron chi connectivity index (χ0n) is 23.4. The molecule has 2 saturated heterocycles. The van der Waals surface area contributed by atoms with Gasteiger partial charge in [-0.3, -0.25) is 19.3 Å². The van der Waals surface area contributed by atoms with Gasteiger partial charge in [-0.15, -0.1) is 0 Å². The third-order valence-corrected chi connectivity index (χ3v) is 17.4. The Balaban J connectivity index is 2.23. The second kappa shape index (κ2) is 9.33. The number of hydrogen-bond donors (Lipinski definition) is 1. The molecule has 2 heterocycles. The largest absolute Gasteiger partial charge is 0.441 e. The molecule has 0 saturated carbocycles. The van der Waals surface area contributed by atoms with Crippen molar-refractivity contribution in [3.63, 3.8) is 0 Å². The van der Waals surface area contributed by atoms with Gasteiger partial charge in [-0.1, -0.05) is 41.5 Å². The van der Waals surface area contributed by atoms with Gasteiger partial charge in [0.25, 0.3) is 0 Å². The van der Waals surface area contributed by atoms with Crippen LogP contribution in [0.5, 0.6) is 0 Å². The minimum Gasteiger partial charge on any atom is -0.441 e. The highest BCUT2D eigenvalue weighted by atomic mass is 28.4. The number of rotatable bonds is 8.